The average molecular weight is 606 g/mol. The number of hydrogen-bond acceptors (Lipinski definition) is 6. The SMILES string of the molecule is CC(C)(C)OC(=O)NCC1CCCN1CCOc1ccc(NC(=O)COc2ccc(C(F)(F)F)cc2Cl)cc1Cl. The van der Waals surface area contributed by atoms with Gasteiger partial charge in [-0.1, -0.05) is 23.2 Å². The van der Waals surface area contributed by atoms with E-state index in [0.717, 1.165) is 37.6 Å². The van der Waals surface area contributed by atoms with Crippen LogP contribution in [0, 0.1) is 0 Å². The molecule has 1 fully saturated rings. The van der Waals surface area contributed by atoms with Gasteiger partial charge in [0.25, 0.3) is 5.91 Å². The van der Waals surface area contributed by atoms with Crippen LogP contribution in [0.4, 0.5) is 23.7 Å². The standard InChI is InChI=1S/C27H32Cl2F3N3O5/c1-26(2,3)40-25(37)33-15-19-5-4-10-35(19)11-12-38-22-9-7-18(14-21(22)29)34-24(36)16-39-23-8-6-17(13-20(23)28)27(30,31)32/h6-9,13-14,19H,4-5,10-12,15-16H2,1-3H3,(H,33,37)(H,34,36). The third kappa shape index (κ3) is 9.94. The van der Waals surface area contributed by atoms with Gasteiger partial charge in [-0.15, -0.1) is 0 Å². The number of nitrogens with one attached hydrogen (secondary N) is 2. The van der Waals surface area contributed by atoms with Gasteiger partial charge in [0.15, 0.2) is 6.61 Å². The van der Waals surface area contributed by atoms with Gasteiger partial charge in [-0.05, 0) is 76.6 Å². The van der Waals surface area contributed by atoms with Gasteiger partial charge in [0.1, 0.15) is 23.7 Å². The van der Waals surface area contributed by atoms with Crippen LogP contribution in [-0.2, 0) is 15.7 Å². The molecule has 3 rings (SSSR count). The summed E-state index contributed by atoms with van der Waals surface area (Å²) in [5, 5.41) is 5.45. The van der Waals surface area contributed by atoms with Gasteiger partial charge in [0, 0.05) is 24.8 Å². The van der Waals surface area contributed by atoms with Crippen molar-refractivity contribution in [3.63, 3.8) is 0 Å². The quantitative estimate of drug-likeness (QED) is 0.326. The molecule has 0 saturated carbocycles. The molecule has 0 radical (unpaired) electrons. The second-order valence-electron chi connectivity index (χ2n) is 10.2. The molecule has 1 heterocycles. The van der Waals surface area contributed by atoms with E-state index < -0.39 is 35.9 Å². The molecule has 2 N–H and O–H groups in total. The summed E-state index contributed by atoms with van der Waals surface area (Å²) in [5.41, 5.74) is -1.08. The Morgan fingerprint density at radius 2 is 1.70 bits per heavy atom. The minimum Gasteiger partial charge on any atom is -0.491 e. The van der Waals surface area contributed by atoms with Crippen molar-refractivity contribution in [3.05, 3.63) is 52.0 Å². The number of amides is 2. The highest BCUT2D eigenvalue weighted by molar-refractivity contribution is 6.32. The summed E-state index contributed by atoms with van der Waals surface area (Å²) in [6, 6.07) is 7.54. The van der Waals surface area contributed by atoms with Gasteiger partial charge in [0.05, 0.1) is 15.6 Å². The van der Waals surface area contributed by atoms with Gasteiger partial charge in [-0.2, -0.15) is 13.2 Å². The number of alkyl halides is 3. The van der Waals surface area contributed by atoms with E-state index in [1.807, 2.05) is 20.8 Å². The van der Waals surface area contributed by atoms with E-state index in [1.165, 1.54) is 6.07 Å². The zero-order valence-corrected chi connectivity index (χ0v) is 23.9. The molecule has 2 aromatic carbocycles. The summed E-state index contributed by atoms with van der Waals surface area (Å²) in [4.78, 5) is 26.4. The van der Waals surface area contributed by atoms with E-state index in [2.05, 4.69) is 15.5 Å². The number of anilines is 1. The zero-order valence-electron chi connectivity index (χ0n) is 22.4. The lowest BCUT2D eigenvalue weighted by Crippen LogP contribution is -2.43. The molecule has 220 valence electrons. The molecule has 13 heteroatoms. The number of hydrogen-bond donors (Lipinski definition) is 2. The number of rotatable bonds is 10. The molecule has 0 spiro atoms. The minimum absolute atomic E-state index is 0.0486. The van der Waals surface area contributed by atoms with Crippen molar-refractivity contribution in [1.29, 1.82) is 0 Å². The van der Waals surface area contributed by atoms with Crippen molar-refractivity contribution in [2.24, 2.45) is 0 Å². The van der Waals surface area contributed by atoms with Crippen LogP contribution in [0.1, 0.15) is 39.2 Å². The first-order valence-electron chi connectivity index (χ1n) is 12.6. The zero-order chi connectivity index (χ0) is 29.5. The monoisotopic (exact) mass is 605 g/mol. The van der Waals surface area contributed by atoms with Crippen molar-refractivity contribution >= 4 is 40.9 Å². The Balaban J connectivity index is 1.43. The van der Waals surface area contributed by atoms with Gasteiger partial charge >= 0.3 is 12.3 Å². The minimum atomic E-state index is -4.54. The summed E-state index contributed by atoms with van der Waals surface area (Å²) >= 11 is 12.2. The number of carbonyl (C=O) groups excluding carboxylic acids is 2. The second kappa shape index (κ2) is 13.6. The Morgan fingerprint density at radius 3 is 2.35 bits per heavy atom. The molecule has 2 amide bonds. The van der Waals surface area contributed by atoms with E-state index in [4.69, 9.17) is 37.4 Å². The van der Waals surface area contributed by atoms with Crippen LogP contribution in [0.25, 0.3) is 0 Å². The Hall–Kier alpha value is -2.89. The largest absolute Gasteiger partial charge is 0.491 e. The fraction of sp³-hybridized carbons (Fsp3) is 0.481. The number of nitrogens with zero attached hydrogens (tertiary/aromatic N) is 1. The van der Waals surface area contributed by atoms with Crippen molar-refractivity contribution in [2.45, 2.75) is 51.4 Å². The number of ether oxygens (including phenoxy) is 3. The fourth-order valence-electron chi connectivity index (χ4n) is 4.04. The van der Waals surface area contributed by atoms with E-state index in [9.17, 15) is 22.8 Å². The Bertz CT molecular complexity index is 1190. The molecule has 40 heavy (non-hydrogen) atoms. The first-order valence-corrected chi connectivity index (χ1v) is 13.4. The van der Waals surface area contributed by atoms with Gasteiger partial charge in [-0.25, -0.2) is 4.79 Å². The Kier molecular flexibility index (Phi) is 10.8. The molecule has 0 aliphatic carbocycles. The molecule has 0 bridgehead atoms. The lowest BCUT2D eigenvalue weighted by molar-refractivity contribution is -0.137. The molecular weight excluding hydrogens is 574 g/mol. The van der Waals surface area contributed by atoms with Crippen LogP contribution in [-0.4, -0.2) is 61.4 Å². The van der Waals surface area contributed by atoms with Gasteiger partial charge in [0.2, 0.25) is 0 Å². The van der Waals surface area contributed by atoms with Crippen molar-refractivity contribution in [1.82, 2.24) is 10.2 Å². The molecule has 1 atom stereocenters. The molecule has 1 unspecified atom stereocenters. The van der Waals surface area contributed by atoms with Gasteiger partial charge < -0.3 is 24.8 Å². The van der Waals surface area contributed by atoms with E-state index in [1.54, 1.807) is 12.1 Å². The predicted octanol–water partition coefficient (Wildman–Crippen LogP) is 6.40. The van der Waals surface area contributed by atoms with E-state index in [-0.39, 0.29) is 21.8 Å². The molecule has 0 aromatic heterocycles. The van der Waals surface area contributed by atoms with Gasteiger partial charge in [-0.3, -0.25) is 9.69 Å². The van der Waals surface area contributed by atoms with Crippen LogP contribution in [0.3, 0.4) is 0 Å². The second-order valence-corrected chi connectivity index (χ2v) is 11.0. The first kappa shape index (κ1) is 31.6. The summed E-state index contributed by atoms with van der Waals surface area (Å²) in [6.07, 6.45) is -3.00. The van der Waals surface area contributed by atoms with Crippen LogP contribution >= 0.6 is 23.2 Å². The fourth-order valence-corrected chi connectivity index (χ4v) is 4.51. The number of benzene rings is 2. The molecular formula is C27H32Cl2F3N3O5. The number of alkyl carbamates (subject to hydrolysis) is 1. The van der Waals surface area contributed by atoms with E-state index in [0.29, 0.717) is 31.1 Å². The predicted molar refractivity (Wildman–Crippen MR) is 146 cm³/mol. The topological polar surface area (TPSA) is 89.1 Å². The lowest BCUT2D eigenvalue weighted by Gasteiger charge is -2.26. The van der Waals surface area contributed by atoms with Crippen molar-refractivity contribution in [2.75, 3.05) is 38.2 Å². The highest BCUT2D eigenvalue weighted by Crippen LogP contribution is 2.34. The normalized spacial score (nSPS) is 15.9. The van der Waals surface area contributed by atoms with Crippen LogP contribution < -0.4 is 20.1 Å². The molecule has 2 aromatic rings. The summed E-state index contributed by atoms with van der Waals surface area (Å²) in [5.74, 6) is -0.164. The number of carbonyl (C=O) groups is 2. The van der Waals surface area contributed by atoms with Crippen LogP contribution in [0.5, 0.6) is 11.5 Å². The van der Waals surface area contributed by atoms with Crippen molar-refractivity contribution < 1.29 is 37.0 Å². The Morgan fingerprint density at radius 1 is 1.02 bits per heavy atom. The first-order chi connectivity index (χ1) is 18.7. The maximum Gasteiger partial charge on any atom is 0.416 e. The third-order valence-corrected chi connectivity index (χ3v) is 6.44. The summed E-state index contributed by atoms with van der Waals surface area (Å²) < 4.78 is 54.7. The molecule has 8 nitrogen and oxygen atoms in total. The van der Waals surface area contributed by atoms with E-state index >= 15 is 0 Å². The summed E-state index contributed by atoms with van der Waals surface area (Å²) in [6.45, 7) is 7.36. The maximum atomic E-state index is 12.8. The number of likely N-dealkylation sites (tertiary alicyclic amines) is 1. The highest BCUT2D eigenvalue weighted by atomic mass is 35.5. The highest BCUT2D eigenvalue weighted by Gasteiger charge is 2.31. The molecule has 1 aliphatic heterocycles. The average Bonchev–Trinajstić information content (AvgIpc) is 3.29. The smallest absolute Gasteiger partial charge is 0.416 e. The molecule has 1 saturated heterocycles. The van der Waals surface area contributed by atoms with Crippen LogP contribution in [0.15, 0.2) is 36.4 Å². The van der Waals surface area contributed by atoms with Crippen LogP contribution in [0.2, 0.25) is 10.0 Å². The number of halogens is 5. The Labute approximate surface area is 241 Å². The third-order valence-electron chi connectivity index (χ3n) is 5.85. The summed E-state index contributed by atoms with van der Waals surface area (Å²) in [7, 11) is 0. The molecule has 1 aliphatic rings. The maximum absolute atomic E-state index is 12.8. The lowest BCUT2D eigenvalue weighted by atomic mass is 10.2. The van der Waals surface area contributed by atoms with Crippen molar-refractivity contribution in [3.8, 4) is 11.5 Å².